The Kier molecular flexibility index (Phi) is 5.22. The van der Waals surface area contributed by atoms with Crippen LogP contribution in [0.15, 0.2) is 48.5 Å². The summed E-state index contributed by atoms with van der Waals surface area (Å²) in [5, 5.41) is 12.3. The molecule has 108 valence electrons. The van der Waals surface area contributed by atoms with Crippen LogP contribution in [-0.2, 0) is 0 Å². The summed E-state index contributed by atoms with van der Waals surface area (Å²) in [5.74, 6) is 0.883. The molecule has 1 N–H and O–H groups in total. The number of benzene rings is 2. The monoisotopic (exact) mass is 280 g/mol. The Bertz CT molecular complexity index is 614. The first-order valence-corrected chi connectivity index (χ1v) is 7.22. The zero-order chi connectivity index (χ0) is 15.1. The fourth-order valence-electron chi connectivity index (χ4n) is 2.08. The summed E-state index contributed by atoms with van der Waals surface area (Å²) in [4.78, 5) is 0. The Morgan fingerprint density at radius 2 is 1.95 bits per heavy atom. The van der Waals surface area contributed by atoms with Crippen molar-refractivity contribution in [2.45, 2.75) is 26.3 Å². The maximum Gasteiger partial charge on any atom is 0.121 e. The summed E-state index contributed by atoms with van der Waals surface area (Å²) in [7, 11) is 0. The summed E-state index contributed by atoms with van der Waals surface area (Å²) >= 11 is 0. The number of hydrogen-bond donors (Lipinski definition) is 1. The minimum absolute atomic E-state index is 0.166. The second-order valence-electron chi connectivity index (χ2n) is 4.98. The van der Waals surface area contributed by atoms with Gasteiger partial charge in [-0.1, -0.05) is 25.1 Å². The Balaban J connectivity index is 2.04. The van der Waals surface area contributed by atoms with Gasteiger partial charge in [-0.2, -0.15) is 5.26 Å². The average Bonchev–Trinajstić information content (AvgIpc) is 2.53. The maximum absolute atomic E-state index is 8.82. The largest absolute Gasteiger partial charge is 0.494 e. The molecule has 3 heteroatoms. The van der Waals surface area contributed by atoms with Gasteiger partial charge in [-0.15, -0.1) is 0 Å². The van der Waals surface area contributed by atoms with Gasteiger partial charge >= 0.3 is 0 Å². The van der Waals surface area contributed by atoms with Crippen molar-refractivity contribution in [1.29, 1.82) is 5.26 Å². The molecule has 0 radical (unpaired) electrons. The Morgan fingerprint density at radius 3 is 2.62 bits per heavy atom. The van der Waals surface area contributed by atoms with E-state index in [0.717, 1.165) is 30.0 Å². The van der Waals surface area contributed by atoms with E-state index in [4.69, 9.17) is 10.00 Å². The molecule has 21 heavy (non-hydrogen) atoms. The summed E-state index contributed by atoms with van der Waals surface area (Å²) < 4.78 is 5.64. The first-order valence-electron chi connectivity index (χ1n) is 7.22. The summed E-state index contributed by atoms with van der Waals surface area (Å²) in [6.07, 6.45) is 0.999. The highest BCUT2D eigenvalue weighted by atomic mass is 16.5. The molecule has 0 aromatic heterocycles. The number of rotatable bonds is 6. The minimum Gasteiger partial charge on any atom is -0.494 e. The highest BCUT2D eigenvalue weighted by Crippen LogP contribution is 2.23. The smallest absolute Gasteiger partial charge is 0.121 e. The molecule has 0 aliphatic heterocycles. The Morgan fingerprint density at radius 1 is 1.19 bits per heavy atom. The van der Waals surface area contributed by atoms with Crippen LogP contribution in [0.1, 0.15) is 37.4 Å². The normalized spacial score (nSPS) is 11.5. The van der Waals surface area contributed by atoms with E-state index in [0.29, 0.717) is 5.56 Å². The number of anilines is 1. The predicted octanol–water partition coefficient (Wildman–Crippen LogP) is 4.52. The molecule has 2 aromatic rings. The average molecular weight is 280 g/mol. The van der Waals surface area contributed by atoms with Crippen LogP contribution in [0.3, 0.4) is 0 Å². The van der Waals surface area contributed by atoms with Crippen LogP contribution in [0.5, 0.6) is 5.75 Å². The van der Waals surface area contributed by atoms with Crippen LogP contribution in [0.4, 0.5) is 5.69 Å². The molecule has 0 fully saturated rings. The molecule has 1 atom stereocenters. The van der Waals surface area contributed by atoms with Gasteiger partial charge in [-0.05, 0) is 43.2 Å². The van der Waals surface area contributed by atoms with Crippen LogP contribution in [-0.4, -0.2) is 6.61 Å². The van der Waals surface area contributed by atoms with Gasteiger partial charge in [0.1, 0.15) is 5.75 Å². The molecule has 0 spiro atoms. The molecule has 0 aliphatic rings. The molecular weight excluding hydrogens is 260 g/mol. The fraction of sp³-hybridized carbons (Fsp3) is 0.278. The van der Waals surface area contributed by atoms with Crippen LogP contribution >= 0.6 is 0 Å². The molecular formula is C18H20N2O. The van der Waals surface area contributed by atoms with E-state index in [1.54, 1.807) is 0 Å². The number of ether oxygens (including phenoxy) is 1. The third-order valence-electron chi connectivity index (χ3n) is 3.23. The number of nitrogens with zero attached hydrogens (tertiary/aromatic N) is 1. The Labute approximate surface area is 126 Å². The lowest BCUT2D eigenvalue weighted by molar-refractivity contribution is 0.317. The van der Waals surface area contributed by atoms with E-state index in [1.165, 1.54) is 0 Å². The van der Waals surface area contributed by atoms with E-state index in [-0.39, 0.29) is 6.04 Å². The van der Waals surface area contributed by atoms with Gasteiger partial charge in [-0.25, -0.2) is 0 Å². The van der Waals surface area contributed by atoms with E-state index in [9.17, 15) is 0 Å². The molecule has 2 aromatic carbocycles. The summed E-state index contributed by atoms with van der Waals surface area (Å²) in [6, 6.07) is 17.9. The second-order valence-corrected chi connectivity index (χ2v) is 4.98. The Hall–Kier alpha value is -2.47. The number of hydrogen-bond acceptors (Lipinski definition) is 3. The molecule has 0 amide bonds. The van der Waals surface area contributed by atoms with Gasteiger partial charge in [0.2, 0.25) is 0 Å². The van der Waals surface area contributed by atoms with Gasteiger partial charge in [0.05, 0.1) is 18.2 Å². The standard InChI is InChI=1S/C18H20N2O/c1-3-11-21-18-6-4-5-17(12-18)20-14(2)16-9-7-15(13-19)8-10-16/h4-10,12,14,20H,3,11H2,1-2H3. The number of nitrogens with one attached hydrogen (secondary N) is 1. The predicted molar refractivity (Wildman–Crippen MR) is 85.4 cm³/mol. The first kappa shape index (κ1) is 14.9. The van der Waals surface area contributed by atoms with Crippen molar-refractivity contribution in [3.63, 3.8) is 0 Å². The van der Waals surface area contributed by atoms with Crippen molar-refractivity contribution >= 4 is 5.69 Å². The zero-order valence-corrected chi connectivity index (χ0v) is 12.5. The molecule has 0 saturated heterocycles. The first-order chi connectivity index (χ1) is 10.2. The van der Waals surface area contributed by atoms with Crippen LogP contribution < -0.4 is 10.1 Å². The molecule has 0 heterocycles. The molecule has 1 unspecified atom stereocenters. The van der Waals surface area contributed by atoms with Crippen molar-refractivity contribution in [2.75, 3.05) is 11.9 Å². The number of nitriles is 1. The minimum atomic E-state index is 0.166. The third kappa shape index (κ3) is 4.25. The highest BCUT2D eigenvalue weighted by molar-refractivity contribution is 5.50. The van der Waals surface area contributed by atoms with Gasteiger partial charge in [0.25, 0.3) is 0 Å². The summed E-state index contributed by atoms with van der Waals surface area (Å²) in [5.41, 5.74) is 2.86. The van der Waals surface area contributed by atoms with Crippen molar-refractivity contribution < 1.29 is 4.74 Å². The fourth-order valence-corrected chi connectivity index (χ4v) is 2.08. The van der Waals surface area contributed by atoms with E-state index in [1.807, 2.05) is 48.5 Å². The van der Waals surface area contributed by atoms with Gasteiger partial charge in [0, 0.05) is 17.8 Å². The molecule has 0 saturated carbocycles. The van der Waals surface area contributed by atoms with Crippen molar-refractivity contribution in [1.82, 2.24) is 0 Å². The van der Waals surface area contributed by atoms with Crippen LogP contribution in [0, 0.1) is 11.3 Å². The SMILES string of the molecule is CCCOc1cccc(NC(C)c2ccc(C#N)cc2)c1. The van der Waals surface area contributed by atoms with Gasteiger partial charge in [-0.3, -0.25) is 0 Å². The van der Waals surface area contributed by atoms with E-state index in [2.05, 4.69) is 25.2 Å². The van der Waals surface area contributed by atoms with Crippen LogP contribution in [0.2, 0.25) is 0 Å². The lowest BCUT2D eigenvalue weighted by Crippen LogP contribution is -2.06. The lowest BCUT2D eigenvalue weighted by Gasteiger charge is -2.16. The van der Waals surface area contributed by atoms with E-state index >= 15 is 0 Å². The second kappa shape index (κ2) is 7.35. The molecule has 0 bridgehead atoms. The summed E-state index contributed by atoms with van der Waals surface area (Å²) in [6.45, 7) is 4.92. The van der Waals surface area contributed by atoms with Crippen molar-refractivity contribution in [3.05, 3.63) is 59.7 Å². The van der Waals surface area contributed by atoms with Gasteiger partial charge < -0.3 is 10.1 Å². The quantitative estimate of drug-likeness (QED) is 0.846. The third-order valence-corrected chi connectivity index (χ3v) is 3.23. The molecule has 3 nitrogen and oxygen atoms in total. The zero-order valence-electron chi connectivity index (χ0n) is 12.5. The maximum atomic E-state index is 8.82. The van der Waals surface area contributed by atoms with Crippen molar-refractivity contribution in [3.8, 4) is 11.8 Å². The highest BCUT2D eigenvalue weighted by Gasteiger charge is 2.06. The molecule has 2 rings (SSSR count). The lowest BCUT2D eigenvalue weighted by atomic mass is 10.1. The van der Waals surface area contributed by atoms with Crippen molar-refractivity contribution in [2.24, 2.45) is 0 Å². The van der Waals surface area contributed by atoms with Crippen LogP contribution in [0.25, 0.3) is 0 Å². The topological polar surface area (TPSA) is 45.0 Å². The van der Waals surface area contributed by atoms with Gasteiger partial charge in [0.15, 0.2) is 0 Å². The molecule has 0 aliphatic carbocycles. The van der Waals surface area contributed by atoms with E-state index < -0.39 is 0 Å².